The van der Waals surface area contributed by atoms with E-state index in [0.717, 1.165) is 30.6 Å². The van der Waals surface area contributed by atoms with Gasteiger partial charge >= 0.3 is 0 Å². The van der Waals surface area contributed by atoms with Crippen molar-refractivity contribution in [1.29, 1.82) is 0 Å². The van der Waals surface area contributed by atoms with E-state index in [4.69, 9.17) is 0 Å². The third-order valence-corrected chi connectivity index (χ3v) is 4.80. The third-order valence-electron chi connectivity index (χ3n) is 4.80. The predicted molar refractivity (Wildman–Crippen MR) is 81.7 cm³/mol. The van der Waals surface area contributed by atoms with Crippen molar-refractivity contribution >= 4 is 5.69 Å². The van der Waals surface area contributed by atoms with Gasteiger partial charge in [-0.1, -0.05) is 13.0 Å². The van der Waals surface area contributed by atoms with E-state index in [1.165, 1.54) is 19.3 Å². The number of benzene rings is 1. The van der Waals surface area contributed by atoms with Crippen molar-refractivity contribution in [3.05, 3.63) is 29.6 Å². The monoisotopic (exact) mass is 276 g/mol. The van der Waals surface area contributed by atoms with Crippen molar-refractivity contribution in [2.45, 2.75) is 64.1 Å². The van der Waals surface area contributed by atoms with Crippen LogP contribution in [0.15, 0.2) is 18.2 Å². The molecule has 0 aliphatic carbocycles. The van der Waals surface area contributed by atoms with Crippen LogP contribution in [0.2, 0.25) is 0 Å². The summed E-state index contributed by atoms with van der Waals surface area (Å²) < 4.78 is 14.3. The lowest BCUT2D eigenvalue weighted by molar-refractivity contribution is 0.354. The lowest BCUT2D eigenvalue weighted by Gasteiger charge is -2.41. The first-order valence-corrected chi connectivity index (χ1v) is 7.97. The van der Waals surface area contributed by atoms with E-state index < -0.39 is 0 Å². The van der Waals surface area contributed by atoms with Gasteiger partial charge in [-0.2, -0.15) is 0 Å². The van der Waals surface area contributed by atoms with Gasteiger partial charge in [0.2, 0.25) is 0 Å². The molecule has 2 unspecified atom stereocenters. The number of nitrogens with zero attached hydrogens (tertiary/aromatic N) is 1. The fraction of sp³-hybridized carbons (Fsp3) is 0.647. The van der Waals surface area contributed by atoms with E-state index in [0.29, 0.717) is 18.1 Å². The van der Waals surface area contributed by atoms with Crippen LogP contribution in [0.1, 0.15) is 44.6 Å². The first kappa shape index (κ1) is 13.9. The van der Waals surface area contributed by atoms with Gasteiger partial charge in [0.05, 0.1) is 5.69 Å². The molecule has 0 spiro atoms. The van der Waals surface area contributed by atoms with Crippen molar-refractivity contribution in [3.63, 3.8) is 0 Å². The highest BCUT2D eigenvalue weighted by molar-refractivity contribution is 5.52. The zero-order chi connectivity index (χ0) is 14.1. The van der Waals surface area contributed by atoms with Gasteiger partial charge in [0.25, 0.3) is 0 Å². The second-order valence-corrected chi connectivity index (χ2v) is 6.37. The number of halogens is 1. The summed E-state index contributed by atoms with van der Waals surface area (Å²) in [7, 11) is 0. The average molecular weight is 276 g/mol. The summed E-state index contributed by atoms with van der Waals surface area (Å²) in [6, 6.07) is 7.31. The summed E-state index contributed by atoms with van der Waals surface area (Å²) >= 11 is 0. The lowest BCUT2D eigenvalue weighted by atomic mass is 9.96. The Hall–Kier alpha value is -1.09. The number of hydrogen-bond acceptors (Lipinski definition) is 2. The minimum Gasteiger partial charge on any atom is -0.363 e. The summed E-state index contributed by atoms with van der Waals surface area (Å²) in [4.78, 5) is 2.36. The maximum atomic E-state index is 14.3. The molecule has 0 saturated carbocycles. The molecule has 2 aliphatic heterocycles. The molecule has 2 bridgehead atoms. The van der Waals surface area contributed by atoms with Crippen LogP contribution in [0.4, 0.5) is 10.1 Å². The number of anilines is 1. The molecule has 2 saturated heterocycles. The van der Waals surface area contributed by atoms with Crippen molar-refractivity contribution in [3.8, 4) is 0 Å². The summed E-state index contributed by atoms with van der Waals surface area (Å²) in [5.74, 6) is -0.0538. The summed E-state index contributed by atoms with van der Waals surface area (Å²) in [6.45, 7) is 5.25. The topological polar surface area (TPSA) is 15.3 Å². The SMILES string of the molecule is CCCNC1CC2CCC(C1)N2c1ccc(C)cc1F. The zero-order valence-electron chi connectivity index (χ0n) is 12.5. The standard InChI is InChI=1S/C17H25FN2/c1-3-8-19-13-10-14-5-6-15(11-13)20(14)17-7-4-12(2)9-16(17)18/h4,7,9,13-15,19H,3,5-6,8,10-11H2,1-2H3. The zero-order valence-corrected chi connectivity index (χ0v) is 12.5. The molecule has 3 rings (SSSR count). The molecule has 3 heteroatoms. The molecule has 2 nitrogen and oxygen atoms in total. The molecule has 0 radical (unpaired) electrons. The number of hydrogen-bond donors (Lipinski definition) is 1. The van der Waals surface area contributed by atoms with Gasteiger partial charge in [-0.25, -0.2) is 4.39 Å². The number of fused-ring (bicyclic) bond motifs is 2. The molecular formula is C17H25FN2. The lowest BCUT2D eigenvalue weighted by Crippen LogP contribution is -2.49. The van der Waals surface area contributed by atoms with Crippen LogP contribution in [-0.2, 0) is 0 Å². The molecule has 110 valence electrons. The van der Waals surface area contributed by atoms with Crippen LogP contribution in [0, 0.1) is 12.7 Å². The largest absolute Gasteiger partial charge is 0.363 e. The molecule has 1 aromatic carbocycles. The number of aryl methyl sites for hydroxylation is 1. The molecule has 2 aliphatic rings. The Balaban J connectivity index is 1.76. The summed E-state index contributed by atoms with van der Waals surface area (Å²) in [5.41, 5.74) is 1.81. The molecule has 1 N–H and O–H groups in total. The average Bonchev–Trinajstić information content (AvgIpc) is 2.68. The molecule has 2 fully saturated rings. The van der Waals surface area contributed by atoms with E-state index in [1.807, 2.05) is 19.1 Å². The van der Waals surface area contributed by atoms with Crippen LogP contribution in [0.25, 0.3) is 0 Å². The van der Waals surface area contributed by atoms with Crippen LogP contribution in [0.3, 0.4) is 0 Å². The van der Waals surface area contributed by atoms with E-state index in [2.05, 4.69) is 17.1 Å². The number of piperidine rings is 1. The normalized spacial score (nSPS) is 28.9. The minimum absolute atomic E-state index is 0.0538. The third kappa shape index (κ3) is 2.56. The van der Waals surface area contributed by atoms with Crippen molar-refractivity contribution in [1.82, 2.24) is 5.32 Å². The van der Waals surface area contributed by atoms with E-state index >= 15 is 0 Å². The first-order chi connectivity index (χ1) is 9.69. The van der Waals surface area contributed by atoms with E-state index in [9.17, 15) is 4.39 Å². The van der Waals surface area contributed by atoms with Crippen LogP contribution >= 0.6 is 0 Å². The summed E-state index contributed by atoms with van der Waals surface area (Å²) in [5, 5.41) is 3.65. The molecule has 1 aromatic rings. The Kier molecular flexibility index (Phi) is 3.97. The van der Waals surface area contributed by atoms with Gasteiger partial charge in [0.1, 0.15) is 5.82 Å². The highest BCUT2D eigenvalue weighted by atomic mass is 19.1. The number of rotatable bonds is 4. The Morgan fingerprint density at radius 1 is 1.25 bits per heavy atom. The second kappa shape index (κ2) is 5.72. The molecule has 2 heterocycles. The highest BCUT2D eigenvalue weighted by Gasteiger charge is 2.41. The maximum Gasteiger partial charge on any atom is 0.146 e. The Bertz CT molecular complexity index is 460. The highest BCUT2D eigenvalue weighted by Crippen LogP contribution is 2.40. The van der Waals surface area contributed by atoms with Gasteiger partial charge in [-0.3, -0.25) is 0 Å². The quantitative estimate of drug-likeness (QED) is 0.903. The number of nitrogens with one attached hydrogen (secondary N) is 1. The fourth-order valence-corrected chi connectivity index (χ4v) is 3.91. The van der Waals surface area contributed by atoms with Crippen molar-refractivity contribution in [2.75, 3.05) is 11.4 Å². The Morgan fingerprint density at radius 2 is 1.95 bits per heavy atom. The van der Waals surface area contributed by atoms with Gasteiger partial charge in [-0.15, -0.1) is 0 Å². The van der Waals surface area contributed by atoms with Crippen LogP contribution in [-0.4, -0.2) is 24.7 Å². The van der Waals surface area contributed by atoms with Crippen molar-refractivity contribution < 1.29 is 4.39 Å². The Labute approximate surface area is 121 Å². The molecule has 2 atom stereocenters. The van der Waals surface area contributed by atoms with E-state index in [1.54, 1.807) is 6.07 Å². The smallest absolute Gasteiger partial charge is 0.146 e. The van der Waals surface area contributed by atoms with E-state index in [-0.39, 0.29) is 5.82 Å². The predicted octanol–water partition coefficient (Wildman–Crippen LogP) is 3.63. The molecular weight excluding hydrogens is 251 g/mol. The van der Waals surface area contributed by atoms with Crippen molar-refractivity contribution in [2.24, 2.45) is 0 Å². The molecule has 0 aromatic heterocycles. The van der Waals surface area contributed by atoms with Gasteiger partial charge in [-0.05, 0) is 63.3 Å². The molecule has 20 heavy (non-hydrogen) atoms. The maximum absolute atomic E-state index is 14.3. The van der Waals surface area contributed by atoms with Gasteiger partial charge < -0.3 is 10.2 Å². The molecule has 0 amide bonds. The van der Waals surface area contributed by atoms with Gasteiger partial charge in [0.15, 0.2) is 0 Å². The van der Waals surface area contributed by atoms with Gasteiger partial charge in [0, 0.05) is 18.1 Å². The minimum atomic E-state index is -0.0538. The first-order valence-electron chi connectivity index (χ1n) is 7.97. The summed E-state index contributed by atoms with van der Waals surface area (Å²) in [6.07, 6.45) is 5.92. The second-order valence-electron chi connectivity index (χ2n) is 6.37. The fourth-order valence-electron chi connectivity index (χ4n) is 3.91. The Morgan fingerprint density at radius 3 is 2.55 bits per heavy atom. The van der Waals surface area contributed by atoms with Crippen LogP contribution in [0.5, 0.6) is 0 Å². The van der Waals surface area contributed by atoms with Crippen LogP contribution < -0.4 is 10.2 Å².